The van der Waals surface area contributed by atoms with Gasteiger partial charge in [0.2, 0.25) is 0 Å². The van der Waals surface area contributed by atoms with E-state index in [1.54, 1.807) is 6.08 Å². The van der Waals surface area contributed by atoms with Gasteiger partial charge in [-0.2, -0.15) is 0 Å². The van der Waals surface area contributed by atoms with Gasteiger partial charge in [0.15, 0.2) is 12.2 Å². The lowest BCUT2D eigenvalue weighted by Crippen LogP contribution is -2.30. The molecule has 5 atom stereocenters. The van der Waals surface area contributed by atoms with Crippen LogP contribution < -0.4 is 0 Å². The molecular formula is C73H128O17P2. The predicted octanol–water partition coefficient (Wildman–Crippen LogP) is 19.9. The average Bonchev–Trinajstić information content (AvgIpc) is 2.93. The molecule has 0 aromatic heterocycles. The SMILES string of the molecule is CC/C=C\C/C=C\C/C=C\C/C=C\C/C=C\CC(=O)OCC(COP(=O)(O)OCC(O)COP(=O)(O)OCC(COC(=O)CCCCCCCCCCCCC)OC(=O)CCCCCCCCCCCCC)OC(=O)CCCCCCC/C=C\C/C=C\CCCCC. The van der Waals surface area contributed by atoms with Crippen LogP contribution in [0.3, 0.4) is 0 Å². The Hall–Kier alpha value is -3.76. The van der Waals surface area contributed by atoms with Crippen molar-refractivity contribution in [2.75, 3.05) is 39.6 Å². The summed E-state index contributed by atoms with van der Waals surface area (Å²) in [6.07, 6.45) is 64.8. The second-order valence-electron chi connectivity index (χ2n) is 23.8. The Labute approximate surface area is 557 Å². The van der Waals surface area contributed by atoms with Crippen molar-refractivity contribution >= 4 is 39.5 Å². The van der Waals surface area contributed by atoms with Gasteiger partial charge in [0.05, 0.1) is 32.8 Å². The fraction of sp³-hybridized carbons (Fsp3) is 0.753. The highest BCUT2D eigenvalue weighted by Crippen LogP contribution is 2.45. The number of hydrogen-bond donors (Lipinski definition) is 3. The highest BCUT2D eigenvalue weighted by Gasteiger charge is 2.30. The van der Waals surface area contributed by atoms with E-state index >= 15 is 0 Å². The summed E-state index contributed by atoms with van der Waals surface area (Å²) in [5.41, 5.74) is 0. The van der Waals surface area contributed by atoms with E-state index in [0.717, 1.165) is 116 Å². The third-order valence-corrected chi connectivity index (χ3v) is 16.8. The van der Waals surface area contributed by atoms with Crippen molar-refractivity contribution in [3.63, 3.8) is 0 Å². The minimum atomic E-state index is -4.99. The molecule has 0 amide bonds. The molecule has 0 spiro atoms. The maximum Gasteiger partial charge on any atom is 0.472 e. The molecule has 532 valence electrons. The van der Waals surface area contributed by atoms with Crippen LogP contribution in [0.25, 0.3) is 0 Å². The van der Waals surface area contributed by atoms with Gasteiger partial charge in [0.1, 0.15) is 19.3 Å². The van der Waals surface area contributed by atoms with Crippen LogP contribution in [-0.4, -0.2) is 96.7 Å². The van der Waals surface area contributed by atoms with Crippen LogP contribution in [0.15, 0.2) is 85.1 Å². The quantitative estimate of drug-likeness (QED) is 0.0169. The Morgan fingerprint density at radius 3 is 0.989 bits per heavy atom. The molecule has 17 nitrogen and oxygen atoms in total. The van der Waals surface area contributed by atoms with Crippen molar-refractivity contribution in [1.82, 2.24) is 0 Å². The maximum absolute atomic E-state index is 13.0. The second kappa shape index (κ2) is 65.9. The molecule has 0 fully saturated rings. The zero-order valence-electron chi connectivity index (χ0n) is 57.7. The largest absolute Gasteiger partial charge is 0.472 e. The molecule has 0 rings (SSSR count). The van der Waals surface area contributed by atoms with Crippen LogP contribution in [0, 0.1) is 0 Å². The number of phosphoric ester groups is 2. The lowest BCUT2D eigenvalue weighted by Gasteiger charge is -2.21. The van der Waals surface area contributed by atoms with Gasteiger partial charge in [-0.25, -0.2) is 9.13 Å². The van der Waals surface area contributed by atoms with Gasteiger partial charge in [-0.15, -0.1) is 0 Å². The Balaban J connectivity index is 5.39. The molecule has 3 N–H and O–H groups in total. The van der Waals surface area contributed by atoms with E-state index in [2.05, 4.69) is 88.5 Å². The predicted molar refractivity (Wildman–Crippen MR) is 372 cm³/mol. The molecule has 0 radical (unpaired) electrons. The number of carbonyl (C=O) groups is 4. The lowest BCUT2D eigenvalue weighted by molar-refractivity contribution is -0.161. The number of aliphatic hydroxyl groups is 1. The number of allylic oxidation sites excluding steroid dienone is 13. The van der Waals surface area contributed by atoms with Gasteiger partial charge in [-0.05, 0) is 83.5 Å². The maximum atomic E-state index is 13.0. The molecule has 0 aromatic carbocycles. The molecule has 0 aliphatic rings. The Bertz CT molecular complexity index is 2090. The summed E-state index contributed by atoms with van der Waals surface area (Å²) < 4.78 is 68.1. The Morgan fingerprint density at radius 1 is 0.326 bits per heavy atom. The highest BCUT2D eigenvalue weighted by atomic mass is 31.2. The van der Waals surface area contributed by atoms with E-state index in [0.29, 0.717) is 25.7 Å². The Kier molecular flexibility index (Phi) is 63.2. The van der Waals surface area contributed by atoms with E-state index in [1.807, 2.05) is 18.2 Å². The number of esters is 4. The molecule has 0 saturated carbocycles. The third-order valence-electron chi connectivity index (χ3n) is 14.9. The van der Waals surface area contributed by atoms with Gasteiger partial charge in [-0.3, -0.25) is 37.3 Å². The van der Waals surface area contributed by atoms with E-state index < -0.39 is 97.5 Å². The van der Waals surface area contributed by atoms with Crippen molar-refractivity contribution in [1.29, 1.82) is 0 Å². The summed E-state index contributed by atoms with van der Waals surface area (Å²) in [5.74, 6) is -2.32. The van der Waals surface area contributed by atoms with Gasteiger partial charge in [0.25, 0.3) is 0 Å². The first-order valence-electron chi connectivity index (χ1n) is 35.8. The zero-order valence-corrected chi connectivity index (χ0v) is 59.5. The number of rotatable bonds is 67. The first-order valence-corrected chi connectivity index (χ1v) is 38.8. The monoisotopic (exact) mass is 1340 g/mol. The summed E-state index contributed by atoms with van der Waals surface area (Å²) in [5, 5.41) is 10.6. The number of hydrogen-bond acceptors (Lipinski definition) is 15. The molecule has 0 aliphatic carbocycles. The molecule has 0 aromatic rings. The lowest BCUT2D eigenvalue weighted by atomic mass is 10.1. The molecule has 92 heavy (non-hydrogen) atoms. The van der Waals surface area contributed by atoms with Gasteiger partial charge in [-0.1, -0.05) is 273 Å². The number of aliphatic hydroxyl groups excluding tert-OH is 1. The van der Waals surface area contributed by atoms with Gasteiger partial charge >= 0.3 is 39.5 Å². The highest BCUT2D eigenvalue weighted by molar-refractivity contribution is 7.47. The Morgan fingerprint density at radius 2 is 0.609 bits per heavy atom. The number of unbranched alkanes of at least 4 members (excludes halogenated alkanes) is 28. The number of carbonyl (C=O) groups excluding carboxylic acids is 4. The summed E-state index contributed by atoms with van der Waals surface area (Å²) in [7, 11) is -9.95. The third kappa shape index (κ3) is 64.9. The number of ether oxygens (including phenoxy) is 4. The molecule has 19 heteroatoms. The van der Waals surface area contributed by atoms with Crippen molar-refractivity contribution < 1.29 is 80.2 Å². The fourth-order valence-corrected chi connectivity index (χ4v) is 11.0. The molecule has 0 aliphatic heterocycles. The van der Waals surface area contributed by atoms with E-state index in [4.69, 9.17) is 37.0 Å². The molecule has 0 saturated heterocycles. The van der Waals surface area contributed by atoms with Crippen molar-refractivity contribution in [3.8, 4) is 0 Å². The van der Waals surface area contributed by atoms with Crippen LogP contribution in [0.4, 0.5) is 0 Å². The van der Waals surface area contributed by atoms with Crippen LogP contribution in [-0.2, 0) is 65.4 Å². The van der Waals surface area contributed by atoms with Crippen LogP contribution in [0.5, 0.6) is 0 Å². The molecule has 0 bridgehead atoms. The van der Waals surface area contributed by atoms with Crippen LogP contribution in [0.1, 0.15) is 297 Å². The first kappa shape index (κ1) is 88.2. The van der Waals surface area contributed by atoms with E-state index in [1.165, 1.54) is 103 Å². The standard InChI is InChI=1S/C73H128O17P2/c1-5-9-13-17-21-25-29-31-33-35-39-42-46-50-54-58-71(76)84-64-69(90-73(78)60-56-52-48-44-40-36-34-32-30-26-22-18-14-10-6-2)66-88-92(81,82)86-62-67(74)61-85-91(79,80)87-65-68(89-72(77)59-55-51-47-43-38-28-24-20-16-12-8-4)63-83-70(75)57-53-49-45-41-37-27-23-19-15-11-7-3/h9,13,21-22,25-26,31-34,39,42,50,54,67-69,74H,5-8,10-12,14-20,23-24,27-30,35-38,40-41,43-49,51-53,55-66H2,1-4H3,(H,79,80)(H,81,82)/b13-9-,25-21-,26-22-,33-31-,34-32-,42-39-,54-50-. The average molecular weight is 1340 g/mol. The zero-order chi connectivity index (χ0) is 67.5. The normalized spacial score (nSPS) is 14.6. The smallest absolute Gasteiger partial charge is 0.462 e. The van der Waals surface area contributed by atoms with Crippen molar-refractivity contribution in [2.24, 2.45) is 0 Å². The first-order chi connectivity index (χ1) is 44.7. The summed E-state index contributed by atoms with van der Waals surface area (Å²) in [6, 6.07) is 0. The van der Waals surface area contributed by atoms with E-state index in [9.17, 15) is 43.2 Å². The molecule has 0 heterocycles. The summed E-state index contributed by atoms with van der Waals surface area (Å²) in [6.45, 7) is 4.59. The van der Waals surface area contributed by atoms with Crippen molar-refractivity contribution in [2.45, 2.75) is 316 Å². The summed E-state index contributed by atoms with van der Waals surface area (Å²) in [4.78, 5) is 72.5. The van der Waals surface area contributed by atoms with Gasteiger partial charge in [0, 0.05) is 19.3 Å². The van der Waals surface area contributed by atoms with Crippen molar-refractivity contribution in [3.05, 3.63) is 85.1 Å². The topological polar surface area (TPSA) is 237 Å². The fourth-order valence-electron chi connectivity index (χ4n) is 9.44. The molecular weight excluding hydrogens is 1210 g/mol. The minimum absolute atomic E-state index is 0.0606. The van der Waals surface area contributed by atoms with Crippen LogP contribution in [0.2, 0.25) is 0 Å². The van der Waals surface area contributed by atoms with E-state index in [-0.39, 0.29) is 25.7 Å². The summed E-state index contributed by atoms with van der Waals surface area (Å²) >= 11 is 0. The minimum Gasteiger partial charge on any atom is -0.462 e. The number of phosphoric acid groups is 2. The molecule has 5 unspecified atom stereocenters. The van der Waals surface area contributed by atoms with Gasteiger partial charge < -0.3 is 33.8 Å². The van der Waals surface area contributed by atoms with Crippen LogP contribution >= 0.6 is 15.6 Å². The second-order valence-corrected chi connectivity index (χ2v) is 26.7.